The average Bonchev–Trinajstić information content (AvgIpc) is 2.39. The third-order valence-electron chi connectivity index (χ3n) is 3.09. The minimum atomic E-state index is 1.09. The van der Waals surface area contributed by atoms with Crippen molar-refractivity contribution in [3.05, 3.63) is 59.9 Å². The lowest BCUT2D eigenvalue weighted by atomic mass is 9.97. The number of hydrogen-bond acceptors (Lipinski definition) is 1. The fourth-order valence-corrected chi connectivity index (χ4v) is 2.18. The summed E-state index contributed by atoms with van der Waals surface area (Å²) < 4.78 is 0. The topological polar surface area (TPSA) is 12.9 Å². The number of hydrogen-bond donors (Lipinski definition) is 0. The second-order valence-corrected chi connectivity index (χ2v) is 4.62. The van der Waals surface area contributed by atoms with Gasteiger partial charge in [0.15, 0.2) is 0 Å². The molecule has 0 aliphatic heterocycles. The summed E-state index contributed by atoms with van der Waals surface area (Å²) >= 11 is 0. The van der Waals surface area contributed by atoms with Gasteiger partial charge in [-0.3, -0.25) is 4.98 Å². The Bertz CT molecular complexity index is 555. The molecule has 92 valence electrons. The van der Waals surface area contributed by atoms with Crippen molar-refractivity contribution in [2.24, 2.45) is 0 Å². The zero-order chi connectivity index (χ0) is 13.0. The lowest BCUT2D eigenvalue weighted by Gasteiger charge is -2.09. The molecule has 2 rings (SSSR count). The number of pyridine rings is 1. The van der Waals surface area contributed by atoms with Crippen LogP contribution >= 0.6 is 0 Å². The Morgan fingerprint density at radius 3 is 2.67 bits per heavy atom. The van der Waals surface area contributed by atoms with Crippen molar-refractivity contribution in [3.8, 4) is 11.1 Å². The van der Waals surface area contributed by atoms with Crippen molar-refractivity contribution >= 4 is 6.08 Å². The minimum absolute atomic E-state index is 1.09. The Kier molecular flexibility index (Phi) is 3.93. The molecule has 0 radical (unpaired) electrons. The first-order chi connectivity index (χ1) is 8.74. The van der Waals surface area contributed by atoms with E-state index < -0.39 is 0 Å². The van der Waals surface area contributed by atoms with Gasteiger partial charge in [-0.15, -0.1) is 0 Å². The molecule has 0 bridgehead atoms. The summed E-state index contributed by atoms with van der Waals surface area (Å²) in [6.45, 7) is 8.15. The van der Waals surface area contributed by atoms with Gasteiger partial charge in [0.1, 0.15) is 0 Å². The summed E-state index contributed by atoms with van der Waals surface area (Å²) in [4.78, 5) is 4.26. The summed E-state index contributed by atoms with van der Waals surface area (Å²) in [6, 6.07) is 8.73. The Labute approximate surface area is 109 Å². The normalized spacial score (nSPS) is 10.3. The highest BCUT2D eigenvalue weighted by Gasteiger charge is 2.03. The number of benzene rings is 1. The molecular weight excluding hydrogens is 218 g/mol. The van der Waals surface area contributed by atoms with Crippen LogP contribution in [0.25, 0.3) is 17.2 Å². The third kappa shape index (κ3) is 2.67. The van der Waals surface area contributed by atoms with Gasteiger partial charge in [0.2, 0.25) is 0 Å². The van der Waals surface area contributed by atoms with Crippen LogP contribution < -0.4 is 0 Å². The van der Waals surface area contributed by atoms with E-state index in [2.05, 4.69) is 49.7 Å². The highest BCUT2D eigenvalue weighted by Crippen LogP contribution is 2.24. The lowest BCUT2D eigenvalue weighted by Crippen LogP contribution is -1.90. The molecule has 0 aliphatic carbocycles. The van der Waals surface area contributed by atoms with Crippen molar-refractivity contribution in [2.75, 3.05) is 0 Å². The smallest absolute Gasteiger partial charge is 0.0346 e. The maximum Gasteiger partial charge on any atom is 0.0346 e. The van der Waals surface area contributed by atoms with Crippen LogP contribution in [0.2, 0.25) is 0 Å². The largest absolute Gasteiger partial charge is 0.264 e. The van der Waals surface area contributed by atoms with E-state index in [-0.39, 0.29) is 0 Å². The van der Waals surface area contributed by atoms with Crippen LogP contribution in [-0.2, 0) is 6.42 Å². The molecular formula is C17H19N. The zero-order valence-electron chi connectivity index (χ0n) is 11.1. The van der Waals surface area contributed by atoms with E-state index in [1.807, 2.05) is 18.5 Å². The second kappa shape index (κ2) is 5.63. The number of nitrogens with zero attached hydrogens (tertiary/aromatic N) is 1. The predicted octanol–water partition coefficient (Wildman–Crippen LogP) is 4.65. The van der Waals surface area contributed by atoms with Crippen molar-refractivity contribution < 1.29 is 0 Å². The van der Waals surface area contributed by atoms with Gasteiger partial charge in [-0.05, 0) is 41.7 Å². The highest BCUT2D eigenvalue weighted by atomic mass is 14.6. The SMILES string of the molecule is C=Cc1ccc(-c2cncc(C)c2)cc1CCC. The van der Waals surface area contributed by atoms with Gasteiger partial charge in [0.25, 0.3) is 0 Å². The summed E-state index contributed by atoms with van der Waals surface area (Å²) in [5.41, 5.74) is 6.22. The molecule has 0 saturated heterocycles. The number of aromatic nitrogens is 1. The van der Waals surface area contributed by atoms with Gasteiger partial charge >= 0.3 is 0 Å². The molecule has 0 saturated carbocycles. The molecule has 0 aliphatic rings. The first-order valence-electron chi connectivity index (χ1n) is 6.42. The van der Waals surface area contributed by atoms with Crippen LogP contribution in [0.15, 0.2) is 43.2 Å². The molecule has 18 heavy (non-hydrogen) atoms. The summed E-state index contributed by atoms with van der Waals surface area (Å²) in [6.07, 6.45) is 7.98. The monoisotopic (exact) mass is 237 g/mol. The molecule has 1 aromatic heterocycles. The van der Waals surface area contributed by atoms with Gasteiger partial charge in [0.05, 0.1) is 0 Å². The van der Waals surface area contributed by atoms with Gasteiger partial charge < -0.3 is 0 Å². The molecule has 0 fully saturated rings. The van der Waals surface area contributed by atoms with Gasteiger partial charge in [0, 0.05) is 18.0 Å². The maximum absolute atomic E-state index is 4.26. The molecule has 1 heteroatoms. The van der Waals surface area contributed by atoms with Crippen molar-refractivity contribution in [1.82, 2.24) is 4.98 Å². The molecule has 1 heterocycles. The van der Waals surface area contributed by atoms with Gasteiger partial charge in [-0.25, -0.2) is 0 Å². The molecule has 0 unspecified atom stereocenters. The van der Waals surface area contributed by atoms with E-state index in [1.165, 1.54) is 27.8 Å². The highest BCUT2D eigenvalue weighted by molar-refractivity contribution is 5.67. The Morgan fingerprint density at radius 1 is 1.17 bits per heavy atom. The average molecular weight is 237 g/mol. The van der Waals surface area contributed by atoms with Crippen LogP contribution in [0.5, 0.6) is 0 Å². The summed E-state index contributed by atoms with van der Waals surface area (Å²) in [7, 11) is 0. The first-order valence-corrected chi connectivity index (χ1v) is 6.42. The molecule has 0 amide bonds. The van der Waals surface area contributed by atoms with E-state index in [1.54, 1.807) is 0 Å². The van der Waals surface area contributed by atoms with Crippen LogP contribution in [0.1, 0.15) is 30.0 Å². The van der Waals surface area contributed by atoms with Crippen LogP contribution in [-0.4, -0.2) is 4.98 Å². The Hall–Kier alpha value is -1.89. The zero-order valence-corrected chi connectivity index (χ0v) is 11.1. The van der Waals surface area contributed by atoms with E-state index in [0.717, 1.165) is 12.8 Å². The van der Waals surface area contributed by atoms with Gasteiger partial charge in [-0.1, -0.05) is 44.2 Å². The van der Waals surface area contributed by atoms with E-state index in [0.29, 0.717) is 0 Å². The standard InChI is InChI=1S/C17H19N/c1-4-6-15-10-16(8-7-14(15)5-2)17-9-13(3)11-18-12-17/h5,7-12H,2,4,6H2,1,3H3. The molecule has 0 N–H and O–H groups in total. The third-order valence-corrected chi connectivity index (χ3v) is 3.09. The predicted molar refractivity (Wildman–Crippen MR) is 78.5 cm³/mol. The van der Waals surface area contributed by atoms with Gasteiger partial charge in [-0.2, -0.15) is 0 Å². The molecule has 1 nitrogen and oxygen atoms in total. The fraction of sp³-hybridized carbons (Fsp3) is 0.235. The quantitative estimate of drug-likeness (QED) is 0.754. The maximum atomic E-state index is 4.26. The molecule has 0 spiro atoms. The number of rotatable bonds is 4. The Morgan fingerprint density at radius 2 is 2.00 bits per heavy atom. The Balaban J connectivity index is 2.46. The van der Waals surface area contributed by atoms with E-state index in [4.69, 9.17) is 0 Å². The molecule has 0 atom stereocenters. The lowest BCUT2D eigenvalue weighted by molar-refractivity contribution is 0.920. The molecule has 2 aromatic rings. The van der Waals surface area contributed by atoms with Crippen molar-refractivity contribution in [2.45, 2.75) is 26.7 Å². The number of aryl methyl sites for hydroxylation is 2. The van der Waals surface area contributed by atoms with Crippen LogP contribution in [0.4, 0.5) is 0 Å². The van der Waals surface area contributed by atoms with Crippen molar-refractivity contribution in [3.63, 3.8) is 0 Å². The van der Waals surface area contributed by atoms with Crippen LogP contribution in [0.3, 0.4) is 0 Å². The fourth-order valence-electron chi connectivity index (χ4n) is 2.18. The van der Waals surface area contributed by atoms with E-state index in [9.17, 15) is 0 Å². The first kappa shape index (κ1) is 12.6. The van der Waals surface area contributed by atoms with Crippen molar-refractivity contribution in [1.29, 1.82) is 0 Å². The summed E-state index contributed by atoms with van der Waals surface area (Å²) in [5.74, 6) is 0. The summed E-state index contributed by atoms with van der Waals surface area (Å²) in [5, 5.41) is 0. The minimum Gasteiger partial charge on any atom is -0.264 e. The second-order valence-electron chi connectivity index (χ2n) is 4.62. The van der Waals surface area contributed by atoms with Crippen LogP contribution in [0, 0.1) is 6.92 Å². The van der Waals surface area contributed by atoms with E-state index >= 15 is 0 Å². The molecule has 1 aromatic carbocycles.